The molecule has 6 nitrogen and oxygen atoms in total. The molecule has 1 N–H and O–H groups in total. The molecule has 1 amide bonds. The van der Waals surface area contributed by atoms with E-state index in [0.717, 1.165) is 30.9 Å². The van der Waals surface area contributed by atoms with Gasteiger partial charge < -0.3 is 5.32 Å². The van der Waals surface area contributed by atoms with Gasteiger partial charge in [0, 0.05) is 43.8 Å². The molecular weight excluding hydrogens is 338 g/mol. The van der Waals surface area contributed by atoms with Gasteiger partial charge in [0.25, 0.3) is 0 Å². The average Bonchev–Trinajstić information content (AvgIpc) is 3.26. The second-order valence-electron chi connectivity index (χ2n) is 6.84. The summed E-state index contributed by atoms with van der Waals surface area (Å²) >= 11 is 0. The zero-order valence-electron chi connectivity index (χ0n) is 15.4. The Balaban J connectivity index is 1.40. The van der Waals surface area contributed by atoms with E-state index in [0.29, 0.717) is 6.54 Å². The summed E-state index contributed by atoms with van der Waals surface area (Å²) in [5.74, 6) is 0.824. The standard InChI is InChI=1S/C21H23N5O/c1-16(25-11-8-17-5-2-3-6-19(17)14-25)21(27)24-13-18-7-4-9-23-20(18)26-12-10-22-15-26/h2-7,9-10,12,15-16H,8,11,13-14H2,1H3,(H,24,27). The molecule has 1 unspecified atom stereocenters. The fraction of sp³-hybridized carbons (Fsp3) is 0.286. The number of carbonyl (C=O) groups is 1. The van der Waals surface area contributed by atoms with Crippen LogP contribution < -0.4 is 5.32 Å². The highest BCUT2D eigenvalue weighted by molar-refractivity contribution is 5.81. The Hall–Kier alpha value is -2.99. The van der Waals surface area contributed by atoms with Crippen LogP contribution in [0.5, 0.6) is 0 Å². The third-order valence-electron chi connectivity index (χ3n) is 5.16. The smallest absolute Gasteiger partial charge is 0.237 e. The lowest BCUT2D eigenvalue weighted by Gasteiger charge is -2.32. The van der Waals surface area contributed by atoms with Crippen molar-refractivity contribution in [3.05, 3.63) is 78.0 Å². The molecule has 0 bridgehead atoms. The fourth-order valence-electron chi connectivity index (χ4n) is 3.53. The largest absolute Gasteiger partial charge is 0.351 e. The predicted molar refractivity (Wildman–Crippen MR) is 103 cm³/mol. The first kappa shape index (κ1) is 17.4. The summed E-state index contributed by atoms with van der Waals surface area (Å²) < 4.78 is 1.85. The molecule has 0 saturated heterocycles. The quantitative estimate of drug-likeness (QED) is 0.758. The Morgan fingerprint density at radius 2 is 2.04 bits per heavy atom. The molecule has 3 heterocycles. The van der Waals surface area contributed by atoms with E-state index in [4.69, 9.17) is 0 Å². The number of aromatic nitrogens is 3. The molecular formula is C21H23N5O. The topological polar surface area (TPSA) is 63.1 Å². The molecule has 1 aliphatic rings. The maximum absolute atomic E-state index is 12.7. The van der Waals surface area contributed by atoms with E-state index < -0.39 is 0 Å². The molecule has 0 spiro atoms. The van der Waals surface area contributed by atoms with Gasteiger partial charge in [-0.25, -0.2) is 9.97 Å². The average molecular weight is 361 g/mol. The maximum atomic E-state index is 12.7. The van der Waals surface area contributed by atoms with Gasteiger partial charge in [0.15, 0.2) is 0 Å². The number of nitrogens with one attached hydrogen (secondary N) is 1. The minimum atomic E-state index is -0.174. The van der Waals surface area contributed by atoms with E-state index in [2.05, 4.69) is 44.5 Å². The monoisotopic (exact) mass is 361 g/mol. The van der Waals surface area contributed by atoms with Gasteiger partial charge in [-0.2, -0.15) is 0 Å². The van der Waals surface area contributed by atoms with Crippen molar-refractivity contribution in [2.24, 2.45) is 0 Å². The molecule has 6 heteroatoms. The Bertz CT molecular complexity index is 922. The first-order valence-corrected chi connectivity index (χ1v) is 9.23. The number of hydrogen-bond donors (Lipinski definition) is 1. The Labute approximate surface area is 158 Å². The van der Waals surface area contributed by atoms with Crippen LogP contribution in [0.4, 0.5) is 0 Å². The highest BCUT2D eigenvalue weighted by atomic mass is 16.2. The molecule has 0 radical (unpaired) electrons. The van der Waals surface area contributed by atoms with Crippen LogP contribution in [0, 0.1) is 0 Å². The Kier molecular flexibility index (Phi) is 4.98. The van der Waals surface area contributed by atoms with Crippen LogP contribution in [0.2, 0.25) is 0 Å². The lowest BCUT2D eigenvalue weighted by atomic mass is 9.99. The third kappa shape index (κ3) is 3.75. The molecule has 0 fully saturated rings. The summed E-state index contributed by atoms with van der Waals surface area (Å²) in [6, 6.07) is 12.2. The summed E-state index contributed by atoms with van der Waals surface area (Å²) in [4.78, 5) is 23.5. The number of carbonyl (C=O) groups excluding carboxylic acids is 1. The van der Waals surface area contributed by atoms with Crippen LogP contribution in [0.15, 0.2) is 61.3 Å². The maximum Gasteiger partial charge on any atom is 0.237 e. The number of amides is 1. The molecule has 1 atom stereocenters. The van der Waals surface area contributed by atoms with Crippen LogP contribution in [0.1, 0.15) is 23.6 Å². The van der Waals surface area contributed by atoms with Gasteiger partial charge in [0.05, 0.1) is 6.04 Å². The van der Waals surface area contributed by atoms with Gasteiger partial charge in [0.2, 0.25) is 5.91 Å². The molecule has 0 aliphatic carbocycles. The molecule has 2 aromatic heterocycles. The molecule has 1 aliphatic heterocycles. The number of pyridine rings is 1. The molecule has 27 heavy (non-hydrogen) atoms. The summed E-state index contributed by atoms with van der Waals surface area (Å²) in [7, 11) is 0. The number of benzene rings is 1. The first-order chi connectivity index (χ1) is 13.2. The van der Waals surface area contributed by atoms with Crippen LogP contribution in [-0.4, -0.2) is 37.9 Å². The van der Waals surface area contributed by atoms with Gasteiger partial charge in [-0.05, 0) is 30.5 Å². The van der Waals surface area contributed by atoms with E-state index in [-0.39, 0.29) is 11.9 Å². The van der Waals surface area contributed by atoms with Gasteiger partial charge in [-0.1, -0.05) is 30.3 Å². The summed E-state index contributed by atoms with van der Waals surface area (Å²) in [6.07, 6.45) is 8.01. The molecule has 0 saturated carbocycles. The lowest BCUT2D eigenvalue weighted by molar-refractivity contribution is -0.126. The van der Waals surface area contributed by atoms with Gasteiger partial charge in [0.1, 0.15) is 12.1 Å². The van der Waals surface area contributed by atoms with E-state index >= 15 is 0 Å². The minimum Gasteiger partial charge on any atom is -0.351 e. The summed E-state index contributed by atoms with van der Waals surface area (Å²) in [5, 5.41) is 3.07. The van der Waals surface area contributed by atoms with Crippen LogP contribution >= 0.6 is 0 Å². The lowest BCUT2D eigenvalue weighted by Crippen LogP contribution is -2.46. The van der Waals surface area contributed by atoms with Crippen molar-refractivity contribution in [3.8, 4) is 5.82 Å². The van der Waals surface area contributed by atoms with Crippen molar-refractivity contribution < 1.29 is 4.79 Å². The van der Waals surface area contributed by atoms with Crippen molar-refractivity contribution in [3.63, 3.8) is 0 Å². The van der Waals surface area contributed by atoms with E-state index in [1.165, 1.54) is 11.1 Å². The first-order valence-electron chi connectivity index (χ1n) is 9.23. The summed E-state index contributed by atoms with van der Waals surface area (Å²) in [6.45, 7) is 4.13. The highest BCUT2D eigenvalue weighted by Gasteiger charge is 2.25. The van der Waals surface area contributed by atoms with Gasteiger partial charge in [-0.15, -0.1) is 0 Å². The Morgan fingerprint density at radius 1 is 1.19 bits per heavy atom. The van der Waals surface area contributed by atoms with Gasteiger partial charge in [-0.3, -0.25) is 14.3 Å². The van der Waals surface area contributed by atoms with Crippen molar-refractivity contribution in [2.75, 3.05) is 6.54 Å². The van der Waals surface area contributed by atoms with E-state index in [1.807, 2.05) is 29.8 Å². The minimum absolute atomic E-state index is 0.0369. The van der Waals surface area contributed by atoms with Crippen LogP contribution in [0.3, 0.4) is 0 Å². The van der Waals surface area contributed by atoms with Crippen LogP contribution in [0.25, 0.3) is 5.82 Å². The predicted octanol–water partition coefficient (Wildman–Crippen LogP) is 2.33. The number of hydrogen-bond acceptors (Lipinski definition) is 4. The third-order valence-corrected chi connectivity index (χ3v) is 5.16. The molecule has 3 aromatic rings. The zero-order chi connectivity index (χ0) is 18.6. The van der Waals surface area contributed by atoms with E-state index in [1.54, 1.807) is 18.7 Å². The van der Waals surface area contributed by atoms with Gasteiger partial charge >= 0.3 is 0 Å². The second kappa shape index (κ2) is 7.72. The SMILES string of the molecule is CC(C(=O)NCc1cccnc1-n1ccnc1)N1CCc2ccccc2C1. The number of nitrogens with zero attached hydrogens (tertiary/aromatic N) is 4. The molecule has 138 valence electrons. The highest BCUT2D eigenvalue weighted by Crippen LogP contribution is 2.20. The normalized spacial score (nSPS) is 15.1. The molecule has 4 rings (SSSR count). The summed E-state index contributed by atoms with van der Waals surface area (Å²) in [5.41, 5.74) is 3.67. The van der Waals surface area contributed by atoms with Crippen molar-refractivity contribution in [1.82, 2.24) is 24.8 Å². The zero-order valence-corrected chi connectivity index (χ0v) is 15.4. The fourth-order valence-corrected chi connectivity index (χ4v) is 3.53. The Morgan fingerprint density at radius 3 is 2.85 bits per heavy atom. The number of fused-ring (bicyclic) bond motifs is 1. The van der Waals surface area contributed by atoms with E-state index in [9.17, 15) is 4.79 Å². The van der Waals surface area contributed by atoms with Crippen molar-refractivity contribution in [1.29, 1.82) is 0 Å². The second-order valence-corrected chi connectivity index (χ2v) is 6.84. The molecule has 1 aromatic carbocycles. The number of rotatable bonds is 5. The van der Waals surface area contributed by atoms with Crippen LogP contribution in [-0.2, 0) is 24.3 Å². The van der Waals surface area contributed by atoms with Crippen molar-refractivity contribution >= 4 is 5.91 Å². The number of imidazole rings is 1. The van der Waals surface area contributed by atoms with Crippen molar-refractivity contribution in [2.45, 2.75) is 32.5 Å².